The molecular formula is C15H22ClN3. The van der Waals surface area contributed by atoms with Crippen LogP contribution in [0.1, 0.15) is 50.1 Å². The summed E-state index contributed by atoms with van der Waals surface area (Å²) in [6.07, 6.45) is 9.63. The normalized spacial score (nSPS) is 21.1. The Kier molecular flexibility index (Phi) is 5.25. The van der Waals surface area contributed by atoms with Gasteiger partial charge < -0.3 is 5.73 Å². The SMILES string of the molecule is NNC(/C1=C/CCCCCC1)c1ccc(Cl)cc1N. The van der Waals surface area contributed by atoms with Gasteiger partial charge in [-0.2, -0.15) is 0 Å². The fraction of sp³-hybridized carbons (Fsp3) is 0.467. The molecule has 0 heterocycles. The molecule has 0 amide bonds. The number of hydrogen-bond acceptors (Lipinski definition) is 3. The van der Waals surface area contributed by atoms with E-state index in [9.17, 15) is 0 Å². The highest BCUT2D eigenvalue weighted by molar-refractivity contribution is 6.30. The average molecular weight is 280 g/mol. The van der Waals surface area contributed by atoms with Crippen molar-refractivity contribution in [2.75, 3.05) is 5.73 Å². The molecule has 0 saturated heterocycles. The number of anilines is 1. The molecular weight excluding hydrogens is 258 g/mol. The van der Waals surface area contributed by atoms with Crippen LogP contribution < -0.4 is 17.0 Å². The van der Waals surface area contributed by atoms with Gasteiger partial charge in [0.15, 0.2) is 0 Å². The minimum Gasteiger partial charge on any atom is -0.398 e. The first-order valence-corrected chi connectivity index (χ1v) is 7.30. The van der Waals surface area contributed by atoms with Crippen LogP contribution in [0.25, 0.3) is 0 Å². The topological polar surface area (TPSA) is 64.1 Å². The molecule has 19 heavy (non-hydrogen) atoms. The van der Waals surface area contributed by atoms with E-state index in [2.05, 4.69) is 11.5 Å². The lowest BCUT2D eigenvalue weighted by Gasteiger charge is -2.23. The summed E-state index contributed by atoms with van der Waals surface area (Å²) in [7, 11) is 0. The molecule has 0 saturated carbocycles. The van der Waals surface area contributed by atoms with E-state index in [-0.39, 0.29) is 6.04 Å². The summed E-state index contributed by atoms with van der Waals surface area (Å²) >= 11 is 5.95. The van der Waals surface area contributed by atoms with Gasteiger partial charge >= 0.3 is 0 Å². The van der Waals surface area contributed by atoms with E-state index in [0.29, 0.717) is 10.7 Å². The predicted octanol–water partition coefficient (Wildman–Crippen LogP) is 3.71. The molecule has 0 aliphatic heterocycles. The monoisotopic (exact) mass is 279 g/mol. The third kappa shape index (κ3) is 3.72. The van der Waals surface area contributed by atoms with Crippen LogP contribution in [0.4, 0.5) is 5.69 Å². The van der Waals surface area contributed by atoms with Crippen LogP contribution in [0.15, 0.2) is 29.8 Å². The zero-order valence-electron chi connectivity index (χ0n) is 11.2. The molecule has 1 atom stereocenters. The van der Waals surface area contributed by atoms with Crippen LogP contribution in [0.2, 0.25) is 5.02 Å². The molecule has 2 rings (SSSR count). The molecule has 1 aliphatic carbocycles. The Hall–Kier alpha value is -1.03. The van der Waals surface area contributed by atoms with Gasteiger partial charge in [-0.15, -0.1) is 0 Å². The van der Waals surface area contributed by atoms with Crippen LogP contribution in [0.5, 0.6) is 0 Å². The Balaban J connectivity index is 2.27. The minimum atomic E-state index is -0.00429. The third-order valence-electron chi connectivity index (χ3n) is 3.72. The van der Waals surface area contributed by atoms with Crippen molar-refractivity contribution in [1.82, 2.24) is 5.43 Å². The maximum Gasteiger partial charge on any atom is 0.0690 e. The number of hydrazine groups is 1. The largest absolute Gasteiger partial charge is 0.398 e. The van der Waals surface area contributed by atoms with Crippen LogP contribution in [0, 0.1) is 0 Å². The van der Waals surface area contributed by atoms with Crippen molar-refractivity contribution in [2.24, 2.45) is 5.84 Å². The van der Waals surface area contributed by atoms with E-state index in [1.807, 2.05) is 12.1 Å². The number of benzene rings is 1. The standard InChI is InChI=1S/C15H22ClN3/c16-12-8-9-13(14(17)10-12)15(19-18)11-6-4-2-1-3-5-7-11/h6,8-10,15,19H,1-5,7,17-18H2/b11-6+. The number of nitrogen functional groups attached to an aromatic ring is 1. The summed E-state index contributed by atoms with van der Waals surface area (Å²) in [4.78, 5) is 0. The van der Waals surface area contributed by atoms with Crippen molar-refractivity contribution in [1.29, 1.82) is 0 Å². The maximum atomic E-state index is 6.07. The third-order valence-corrected chi connectivity index (χ3v) is 3.96. The highest BCUT2D eigenvalue weighted by Gasteiger charge is 2.18. The van der Waals surface area contributed by atoms with E-state index < -0.39 is 0 Å². The molecule has 0 fully saturated rings. The van der Waals surface area contributed by atoms with Gasteiger partial charge in [0, 0.05) is 10.7 Å². The van der Waals surface area contributed by atoms with Crippen molar-refractivity contribution in [2.45, 2.75) is 44.6 Å². The Bertz CT molecular complexity index is 457. The first kappa shape index (κ1) is 14.4. The van der Waals surface area contributed by atoms with Crippen molar-refractivity contribution in [3.63, 3.8) is 0 Å². The van der Waals surface area contributed by atoms with Gasteiger partial charge in [-0.3, -0.25) is 5.84 Å². The zero-order chi connectivity index (χ0) is 13.7. The molecule has 3 nitrogen and oxygen atoms in total. The Labute approximate surface area is 120 Å². The first-order valence-electron chi connectivity index (χ1n) is 6.92. The molecule has 4 heteroatoms. The molecule has 5 N–H and O–H groups in total. The van der Waals surface area contributed by atoms with Gasteiger partial charge in [-0.25, -0.2) is 5.43 Å². The first-order chi connectivity index (χ1) is 9.22. The fourth-order valence-electron chi connectivity index (χ4n) is 2.68. The number of halogens is 1. The summed E-state index contributed by atoms with van der Waals surface area (Å²) in [5.41, 5.74) is 12.0. The molecule has 1 aromatic carbocycles. The molecule has 1 unspecified atom stereocenters. The fourth-order valence-corrected chi connectivity index (χ4v) is 2.86. The quantitative estimate of drug-likeness (QED) is 0.342. The number of nitrogens with two attached hydrogens (primary N) is 2. The summed E-state index contributed by atoms with van der Waals surface area (Å²) in [6, 6.07) is 5.60. The van der Waals surface area contributed by atoms with Gasteiger partial charge in [0.2, 0.25) is 0 Å². The number of nitrogens with one attached hydrogen (secondary N) is 1. The van der Waals surface area contributed by atoms with E-state index in [1.54, 1.807) is 6.07 Å². The highest BCUT2D eigenvalue weighted by atomic mass is 35.5. The maximum absolute atomic E-state index is 6.07. The van der Waals surface area contributed by atoms with E-state index in [0.717, 1.165) is 18.4 Å². The van der Waals surface area contributed by atoms with Crippen LogP contribution in [-0.4, -0.2) is 0 Å². The van der Waals surface area contributed by atoms with Crippen molar-refractivity contribution in [3.8, 4) is 0 Å². The summed E-state index contributed by atoms with van der Waals surface area (Å²) < 4.78 is 0. The zero-order valence-corrected chi connectivity index (χ0v) is 11.9. The summed E-state index contributed by atoms with van der Waals surface area (Å²) in [6.45, 7) is 0. The van der Waals surface area contributed by atoms with E-state index in [4.69, 9.17) is 23.2 Å². The predicted molar refractivity (Wildman–Crippen MR) is 81.7 cm³/mol. The number of rotatable bonds is 3. The Morgan fingerprint density at radius 1 is 1.16 bits per heavy atom. The number of hydrogen-bond donors (Lipinski definition) is 3. The second-order valence-electron chi connectivity index (χ2n) is 5.10. The van der Waals surface area contributed by atoms with Crippen molar-refractivity contribution >= 4 is 17.3 Å². The molecule has 0 spiro atoms. The van der Waals surface area contributed by atoms with E-state index >= 15 is 0 Å². The molecule has 0 aromatic heterocycles. The van der Waals surface area contributed by atoms with Crippen LogP contribution in [-0.2, 0) is 0 Å². The number of allylic oxidation sites excluding steroid dienone is 1. The lowest BCUT2D eigenvalue weighted by atomic mass is 9.90. The van der Waals surface area contributed by atoms with Gasteiger partial charge in [-0.1, -0.05) is 42.2 Å². The second kappa shape index (κ2) is 6.94. The minimum absolute atomic E-state index is 0.00429. The van der Waals surface area contributed by atoms with Crippen LogP contribution in [0.3, 0.4) is 0 Å². The van der Waals surface area contributed by atoms with Gasteiger partial charge in [0.1, 0.15) is 0 Å². The van der Waals surface area contributed by atoms with Gasteiger partial charge in [-0.05, 0) is 43.4 Å². The van der Waals surface area contributed by atoms with E-state index in [1.165, 1.54) is 31.3 Å². The molecule has 0 bridgehead atoms. The Morgan fingerprint density at radius 3 is 2.68 bits per heavy atom. The molecule has 0 radical (unpaired) electrons. The van der Waals surface area contributed by atoms with Crippen molar-refractivity contribution in [3.05, 3.63) is 40.4 Å². The second-order valence-corrected chi connectivity index (χ2v) is 5.54. The lowest BCUT2D eigenvalue weighted by Crippen LogP contribution is -2.30. The van der Waals surface area contributed by atoms with Crippen molar-refractivity contribution < 1.29 is 0 Å². The molecule has 104 valence electrons. The van der Waals surface area contributed by atoms with Crippen LogP contribution >= 0.6 is 11.6 Å². The summed E-state index contributed by atoms with van der Waals surface area (Å²) in [5, 5.41) is 0.656. The molecule has 1 aromatic rings. The smallest absolute Gasteiger partial charge is 0.0690 e. The highest BCUT2D eigenvalue weighted by Crippen LogP contribution is 2.32. The molecule has 1 aliphatic rings. The average Bonchev–Trinajstić information content (AvgIpc) is 2.34. The van der Waals surface area contributed by atoms with Gasteiger partial charge in [0.25, 0.3) is 0 Å². The van der Waals surface area contributed by atoms with Gasteiger partial charge in [0.05, 0.1) is 6.04 Å². The Morgan fingerprint density at radius 2 is 1.95 bits per heavy atom. The summed E-state index contributed by atoms with van der Waals surface area (Å²) in [5.74, 6) is 5.75. The lowest BCUT2D eigenvalue weighted by molar-refractivity contribution is 0.556.